The second-order valence-electron chi connectivity index (χ2n) is 6.18. The summed E-state index contributed by atoms with van der Waals surface area (Å²) in [5, 5.41) is 0.753. The summed E-state index contributed by atoms with van der Waals surface area (Å²) in [5.74, 6) is 0.259. The van der Waals surface area contributed by atoms with E-state index in [4.69, 9.17) is 11.6 Å². The van der Waals surface area contributed by atoms with E-state index in [9.17, 15) is 4.79 Å². The van der Waals surface area contributed by atoms with Crippen molar-refractivity contribution in [2.75, 3.05) is 6.54 Å². The lowest BCUT2D eigenvalue weighted by atomic mass is 10.2. The van der Waals surface area contributed by atoms with Gasteiger partial charge in [0.15, 0.2) is 0 Å². The minimum absolute atomic E-state index is 0.259. The van der Waals surface area contributed by atoms with Gasteiger partial charge < -0.3 is 9.47 Å². The van der Waals surface area contributed by atoms with Gasteiger partial charge in [0.2, 0.25) is 5.91 Å². The molecule has 24 heavy (non-hydrogen) atoms. The first-order valence-electron chi connectivity index (χ1n) is 8.80. The van der Waals surface area contributed by atoms with Gasteiger partial charge in [-0.1, -0.05) is 44.0 Å². The molecule has 0 atom stereocenters. The normalized spacial score (nSPS) is 10.8. The number of carbonyl (C=O) groups is 1. The van der Waals surface area contributed by atoms with Gasteiger partial charge in [-0.25, -0.2) is 0 Å². The Morgan fingerprint density at radius 2 is 2.00 bits per heavy atom. The van der Waals surface area contributed by atoms with Crippen molar-refractivity contribution in [3.05, 3.63) is 58.9 Å². The summed E-state index contributed by atoms with van der Waals surface area (Å²) in [4.78, 5) is 14.4. The van der Waals surface area contributed by atoms with Crippen LogP contribution in [0.1, 0.15) is 50.8 Å². The van der Waals surface area contributed by atoms with Crippen LogP contribution in [-0.4, -0.2) is 21.9 Å². The Morgan fingerprint density at radius 3 is 2.71 bits per heavy atom. The molecule has 0 aliphatic heterocycles. The van der Waals surface area contributed by atoms with Gasteiger partial charge in [-0.2, -0.15) is 0 Å². The lowest BCUT2D eigenvalue weighted by Crippen LogP contribution is -2.32. The van der Waals surface area contributed by atoms with Crippen LogP contribution in [-0.2, 0) is 17.9 Å². The molecule has 3 nitrogen and oxygen atoms in total. The van der Waals surface area contributed by atoms with Crippen molar-refractivity contribution >= 4 is 17.5 Å². The zero-order chi connectivity index (χ0) is 17.4. The number of amides is 1. The number of aromatic nitrogens is 1. The predicted molar refractivity (Wildman–Crippen MR) is 100 cm³/mol. The van der Waals surface area contributed by atoms with Gasteiger partial charge in [-0.15, -0.1) is 0 Å². The Kier molecular flexibility index (Phi) is 7.38. The van der Waals surface area contributed by atoms with E-state index in [-0.39, 0.29) is 5.91 Å². The lowest BCUT2D eigenvalue weighted by Gasteiger charge is -2.23. The minimum Gasteiger partial charge on any atom is -0.345 e. The lowest BCUT2D eigenvalue weighted by molar-refractivity contribution is -0.132. The fourth-order valence-electron chi connectivity index (χ4n) is 2.82. The number of carbonyl (C=O) groups excluding carboxylic acids is 1. The average Bonchev–Trinajstić information content (AvgIpc) is 2.99. The van der Waals surface area contributed by atoms with Crippen LogP contribution < -0.4 is 0 Å². The average molecular weight is 347 g/mol. The van der Waals surface area contributed by atoms with E-state index in [1.54, 1.807) is 0 Å². The van der Waals surface area contributed by atoms with Crippen LogP contribution in [0.2, 0.25) is 5.02 Å². The van der Waals surface area contributed by atoms with Crippen molar-refractivity contribution in [2.45, 2.75) is 52.6 Å². The molecular weight excluding hydrogens is 320 g/mol. The molecule has 0 aliphatic carbocycles. The summed E-state index contributed by atoms with van der Waals surface area (Å²) in [6.07, 6.45) is 5.70. The van der Waals surface area contributed by atoms with Crippen LogP contribution in [0.3, 0.4) is 0 Å². The van der Waals surface area contributed by atoms with E-state index in [1.165, 1.54) is 5.56 Å². The molecule has 2 aromatic rings. The van der Waals surface area contributed by atoms with Crippen molar-refractivity contribution in [3.8, 4) is 0 Å². The van der Waals surface area contributed by atoms with Crippen molar-refractivity contribution < 1.29 is 4.79 Å². The number of nitrogens with zero attached hydrogens (tertiary/aromatic N) is 2. The SMILES string of the molecule is CCCCC(=O)N(CCC)Cc1cccn1Cc1cccc(Cl)c1. The molecule has 1 heterocycles. The van der Waals surface area contributed by atoms with Crippen LogP contribution in [0.5, 0.6) is 0 Å². The molecular formula is C20H27ClN2O. The third-order valence-electron chi connectivity index (χ3n) is 4.11. The number of benzene rings is 1. The first kappa shape index (κ1) is 18.6. The zero-order valence-corrected chi connectivity index (χ0v) is 15.4. The minimum atomic E-state index is 0.259. The Labute approximate surface area is 150 Å². The fraction of sp³-hybridized carbons (Fsp3) is 0.450. The molecule has 0 radical (unpaired) electrons. The van der Waals surface area contributed by atoms with Crippen molar-refractivity contribution in [1.29, 1.82) is 0 Å². The van der Waals surface area contributed by atoms with Gasteiger partial charge >= 0.3 is 0 Å². The van der Waals surface area contributed by atoms with Gasteiger partial charge in [-0.05, 0) is 42.7 Å². The second-order valence-corrected chi connectivity index (χ2v) is 6.61. The maximum atomic E-state index is 12.4. The summed E-state index contributed by atoms with van der Waals surface area (Å²) < 4.78 is 2.20. The standard InChI is InChI=1S/C20H27ClN2O/c1-3-5-11-20(24)23(12-4-2)16-19-10-7-13-22(19)15-17-8-6-9-18(21)14-17/h6-10,13-14H,3-5,11-12,15-16H2,1-2H3. The zero-order valence-electron chi connectivity index (χ0n) is 14.7. The summed E-state index contributed by atoms with van der Waals surface area (Å²) in [6, 6.07) is 12.1. The fourth-order valence-corrected chi connectivity index (χ4v) is 3.04. The molecule has 4 heteroatoms. The first-order valence-corrected chi connectivity index (χ1v) is 9.18. The largest absolute Gasteiger partial charge is 0.345 e. The molecule has 1 amide bonds. The Balaban J connectivity index is 2.08. The molecule has 2 rings (SSSR count). The highest BCUT2D eigenvalue weighted by molar-refractivity contribution is 6.30. The molecule has 0 bridgehead atoms. The third-order valence-corrected chi connectivity index (χ3v) is 4.34. The topological polar surface area (TPSA) is 25.2 Å². The van der Waals surface area contributed by atoms with Gasteiger partial charge in [0, 0.05) is 36.4 Å². The maximum absolute atomic E-state index is 12.4. The number of halogens is 1. The van der Waals surface area contributed by atoms with Gasteiger partial charge in [-0.3, -0.25) is 4.79 Å². The number of rotatable bonds is 9. The molecule has 0 spiro atoms. The van der Waals surface area contributed by atoms with Crippen LogP contribution >= 0.6 is 11.6 Å². The van der Waals surface area contributed by atoms with Gasteiger partial charge in [0.25, 0.3) is 0 Å². The third kappa shape index (κ3) is 5.41. The van der Waals surface area contributed by atoms with E-state index in [0.717, 1.165) is 43.1 Å². The molecule has 0 N–H and O–H groups in total. The summed E-state index contributed by atoms with van der Waals surface area (Å²) in [6.45, 7) is 6.49. The monoisotopic (exact) mass is 346 g/mol. The number of hydrogen-bond donors (Lipinski definition) is 0. The molecule has 0 saturated carbocycles. The van der Waals surface area contributed by atoms with Crippen LogP contribution in [0.15, 0.2) is 42.6 Å². The Bertz CT molecular complexity index is 651. The summed E-state index contributed by atoms with van der Waals surface area (Å²) in [5.41, 5.74) is 2.33. The number of unbranched alkanes of at least 4 members (excludes halogenated alkanes) is 1. The van der Waals surface area contributed by atoms with E-state index in [1.807, 2.05) is 29.2 Å². The summed E-state index contributed by atoms with van der Waals surface area (Å²) >= 11 is 6.08. The molecule has 130 valence electrons. The van der Waals surface area contributed by atoms with E-state index in [2.05, 4.69) is 36.7 Å². The molecule has 0 fully saturated rings. The molecule has 0 aliphatic rings. The van der Waals surface area contributed by atoms with Crippen LogP contribution in [0.25, 0.3) is 0 Å². The van der Waals surface area contributed by atoms with Gasteiger partial charge in [0.05, 0.1) is 6.54 Å². The highest BCUT2D eigenvalue weighted by Crippen LogP contribution is 2.15. The van der Waals surface area contributed by atoms with Crippen LogP contribution in [0.4, 0.5) is 0 Å². The van der Waals surface area contributed by atoms with E-state index >= 15 is 0 Å². The van der Waals surface area contributed by atoms with E-state index in [0.29, 0.717) is 13.0 Å². The Hall–Kier alpha value is -1.74. The smallest absolute Gasteiger partial charge is 0.222 e. The first-order chi connectivity index (χ1) is 11.6. The highest BCUT2D eigenvalue weighted by atomic mass is 35.5. The van der Waals surface area contributed by atoms with Crippen molar-refractivity contribution in [1.82, 2.24) is 9.47 Å². The van der Waals surface area contributed by atoms with Gasteiger partial charge in [0.1, 0.15) is 0 Å². The maximum Gasteiger partial charge on any atom is 0.222 e. The van der Waals surface area contributed by atoms with E-state index < -0.39 is 0 Å². The molecule has 0 unspecified atom stereocenters. The van der Waals surface area contributed by atoms with Crippen molar-refractivity contribution in [3.63, 3.8) is 0 Å². The summed E-state index contributed by atoms with van der Waals surface area (Å²) in [7, 11) is 0. The second kappa shape index (κ2) is 9.53. The number of hydrogen-bond acceptors (Lipinski definition) is 1. The predicted octanol–water partition coefficient (Wildman–Crippen LogP) is 5.12. The highest BCUT2D eigenvalue weighted by Gasteiger charge is 2.14. The molecule has 0 saturated heterocycles. The van der Waals surface area contributed by atoms with Crippen LogP contribution in [0, 0.1) is 0 Å². The molecule has 1 aromatic carbocycles. The van der Waals surface area contributed by atoms with Crippen molar-refractivity contribution in [2.24, 2.45) is 0 Å². The Morgan fingerprint density at radius 1 is 1.17 bits per heavy atom. The molecule has 1 aromatic heterocycles. The quantitative estimate of drug-likeness (QED) is 0.618.